The van der Waals surface area contributed by atoms with Gasteiger partial charge in [-0.1, -0.05) is 27.2 Å². The molecule has 0 aliphatic carbocycles. The van der Waals surface area contributed by atoms with E-state index in [1.54, 1.807) is 0 Å². The molecule has 0 aromatic rings. The zero-order valence-corrected chi connectivity index (χ0v) is 6.07. The molecule has 1 heteroatoms. The smallest absolute Gasteiger partial charge is 0.0249 e. The van der Waals surface area contributed by atoms with Gasteiger partial charge in [-0.3, -0.25) is 0 Å². The fourth-order valence-electron chi connectivity index (χ4n) is 0.437. The van der Waals surface area contributed by atoms with E-state index < -0.39 is 0 Å². The Bertz CT molecular complexity index is 43.7. The van der Waals surface area contributed by atoms with Crippen molar-refractivity contribution in [2.24, 2.45) is 5.92 Å². The molecule has 0 amide bonds. The summed E-state index contributed by atoms with van der Waals surface area (Å²) in [7, 11) is 0. The molecular formula is C7H16N. The van der Waals surface area contributed by atoms with E-state index in [1.165, 1.54) is 6.42 Å². The van der Waals surface area contributed by atoms with Gasteiger partial charge in [0.15, 0.2) is 0 Å². The van der Waals surface area contributed by atoms with Gasteiger partial charge in [0.05, 0.1) is 0 Å². The number of rotatable bonds is 4. The number of hydrogen-bond acceptors (Lipinski definition) is 1. The molecule has 1 N–H and O–H groups in total. The van der Waals surface area contributed by atoms with E-state index in [0.717, 1.165) is 12.5 Å². The fourth-order valence-corrected chi connectivity index (χ4v) is 0.437. The average molecular weight is 114 g/mol. The Balaban J connectivity index is 2.86. The van der Waals surface area contributed by atoms with Crippen molar-refractivity contribution in [1.82, 2.24) is 5.32 Å². The van der Waals surface area contributed by atoms with Gasteiger partial charge in [0, 0.05) is 6.54 Å². The topological polar surface area (TPSA) is 12.0 Å². The Morgan fingerprint density at radius 2 is 2.12 bits per heavy atom. The van der Waals surface area contributed by atoms with Gasteiger partial charge in [-0.15, -0.1) is 0 Å². The van der Waals surface area contributed by atoms with Gasteiger partial charge in [-0.2, -0.15) is 0 Å². The molecule has 0 spiro atoms. The third-order valence-corrected chi connectivity index (χ3v) is 1.25. The summed E-state index contributed by atoms with van der Waals surface area (Å²) in [6.07, 6.45) is 1.23. The molecule has 0 heterocycles. The summed E-state index contributed by atoms with van der Waals surface area (Å²) < 4.78 is 0. The molecule has 1 nitrogen and oxygen atoms in total. The van der Waals surface area contributed by atoms with Crippen molar-refractivity contribution >= 4 is 0 Å². The number of nitrogens with one attached hydrogen (secondary N) is 1. The third kappa shape index (κ3) is 4.13. The second-order valence-electron chi connectivity index (χ2n) is 2.11. The monoisotopic (exact) mass is 114 g/mol. The molecule has 49 valence electrons. The maximum absolute atomic E-state index is 3.17. The molecule has 1 radical (unpaired) electrons. The largest absolute Gasteiger partial charge is 0.312 e. The first-order chi connectivity index (χ1) is 3.81. The van der Waals surface area contributed by atoms with E-state index in [-0.39, 0.29) is 0 Å². The molecule has 1 atom stereocenters. The predicted molar refractivity (Wildman–Crippen MR) is 37.4 cm³/mol. The molecule has 0 aromatic carbocycles. The van der Waals surface area contributed by atoms with Gasteiger partial charge < -0.3 is 5.32 Å². The number of hydrogen-bond donors (Lipinski definition) is 1. The molecule has 8 heavy (non-hydrogen) atoms. The van der Waals surface area contributed by atoms with E-state index in [0.29, 0.717) is 0 Å². The van der Waals surface area contributed by atoms with E-state index in [9.17, 15) is 0 Å². The molecule has 0 aliphatic heterocycles. The molecule has 0 aromatic heterocycles. The summed E-state index contributed by atoms with van der Waals surface area (Å²) in [6.45, 7) is 9.71. The zero-order valence-electron chi connectivity index (χ0n) is 6.07. The first-order valence-corrected chi connectivity index (χ1v) is 3.38. The summed E-state index contributed by atoms with van der Waals surface area (Å²) in [6, 6.07) is 0. The van der Waals surface area contributed by atoms with Crippen LogP contribution in [0.25, 0.3) is 0 Å². The van der Waals surface area contributed by atoms with Crippen molar-refractivity contribution < 1.29 is 0 Å². The quantitative estimate of drug-likeness (QED) is 0.587. The summed E-state index contributed by atoms with van der Waals surface area (Å²) in [5.74, 6) is 0.718. The van der Waals surface area contributed by atoms with Crippen molar-refractivity contribution in [1.29, 1.82) is 0 Å². The van der Waals surface area contributed by atoms with Gasteiger partial charge in [0.25, 0.3) is 0 Å². The van der Waals surface area contributed by atoms with Gasteiger partial charge in [0.1, 0.15) is 0 Å². The maximum atomic E-state index is 3.17. The van der Waals surface area contributed by atoms with Crippen LogP contribution in [0.5, 0.6) is 0 Å². The molecule has 0 saturated heterocycles. The molecule has 0 fully saturated rings. The first kappa shape index (κ1) is 7.96. The highest BCUT2D eigenvalue weighted by Crippen LogP contribution is 2.00. The van der Waals surface area contributed by atoms with E-state index in [4.69, 9.17) is 0 Å². The molecule has 1 unspecified atom stereocenters. The fraction of sp³-hybridized carbons (Fsp3) is 0.857. The van der Waals surface area contributed by atoms with Gasteiger partial charge in [-0.05, 0) is 12.5 Å². The van der Waals surface area contributed by atoms with E-state index in [1.807, 2.05) is 0 Å². The lowest BCUT2D eigenvalue weighted by atomic mass is 10.1. The second kappa shape index (κ2) is 5.10. The van der Waals surface area contributed by atoms with Gasteiger partial charge in [0.2, 0.25) is 0 Å². The Morgan fingerprint density at radius 3 is 2.50 bits per heavy atom. The maximum Gasteiger partial charge on any atom is 0.0249 e. The second-order valence-corrected chi connectivity index (χ2v) is 2.11. The van der Waals surface area contributed by atoms with Crippen molar-refractivity contribution in [3.05, 3.63) is 6.54 Å². The summed E-state index contributed by atoms with van der Waals surface area (Å²) in [5, 5.41) is 3.17. The lowest BCUT2D eigenvalue weighted by Crippen LogP contribution is -2.13. The summed E-state index contributed by atoms with van der Waals surface area (Å²) in [4.78, 5) is 0. The lowest BCUT2D eigenvalue weighted by molar-refractivity contribution is 0.586. The van der Waals surface area contributed by atoms with Crippen molar-refractivity contribution in [2.75, 3.05) is 6.54 Å². The Morgan fingerprint density at radius 1 is 1.50 bits per heavy atom. The minimum absolute atomic E-state index is 0.718. The molecule has 0 aliphatic rings. The average Bonchev–Trinajstić information content (AvgIpc) is 1.83. The molecule has 0 bridgehead atoms. The van der Waals surface area contributed by atoms with Crippen LogP contribution in [0.1, 0.15) is 27.2 Å². The normalized spacial score (nSPS) is 13.9. The van der Waals surface area contributed by atoms with Crippen LogP contribution in [0.4, 0.5) is 0 Å². The molecular weight excluding hydrogens is 98.1 g/mol. The van der Waals surface area contributed by atoms with Crippen molar-refractivity contribution in [2.45, 2.75) is 27.2 Å². The summed E-state index contributed by atoms with van der Waals surface area (Å²) >= 11 is 0. The van der Waals surface area contributed by atoms with E-state index >= 15 is 0 Å². The Kier molecular flexibility index (Phi) is 5.08. The molecule has 0 saturated carbocycles. The SMILES string of the molecule is CCN[CH]C(C)CC. The highest BCUT2D eigenvalue weighted by Gasteiger charge is 1.94. The van der Waals surface area contributed by atoms with Crippen LogP contribution in [0.2, 0.25) is 0 Å². The first-order valence-electron chi connectivity index (χ1n) is 3.38. The van der Waals surface area contributed by atoms with Crippen LogP contribution in [0, 0.1) is 12.5 Å². The van der Waals surface area contributed by atoms with Crippen molar-refractivity contribution in [3.8, 4) is 0 Å². The minimum atomic E-state index is 0.718. The van der Waals surface area contributed by atoms with Gasteiger partial charge in [-0.25, -0.2) is 0 Å². The summed E-state index contributed by atoms with van der Waals surface area (Å²) in [5.41, 5.74) is 0. The van der Waals surface area contributed by atoms with Gasteiger partial charge >= 0.3 is 0 Å². The lowest BCUT2D eigenvalue weighted by Gasteiger charge is -2.05. The van der Waals surface area contributed by atoms with Crippen LogP contribution in [0.15, 0.2) is 0 Å². The Labute approximate surface area is 52.5 Å². The predicted octanol–water partition coefficient (Wildman–Crippen LogP) is 1.80. The highest BCUT2D eigenvalue weighted by molar-refractivity contribution is 4.66. The van der Waals surface area contributed by atoms with Crippen LogP contribution >= 0.6 is 0 Å². The van der Waals surface area contributed by atoms with Crippen LogP contribution in [-0.2, 0) is 0 Å². The minimum Gasteiger partial charge on any atom is -0.312 e. The standard InChI is InChI=1S/C7H16N/c1-4-7(3)6-8-5-2/h6-8H,4-5H2,1-3H3. The highest BCUT2D eigenvalue weighted by atomic mass is 14.8. The van der Waals surface area contributed by atoms with Crippen LogP contribution < -0.4 is 5.32 Å². The van der Waals surface area contributed by atoms with Crippen LogP contribution in [-0.4, -0.2) is 6.54 Å². The van der Waals surface area contributed by atoms with Crippen molar-refractivity contribution in [3.63, 3.8) is 0 Å². The van der Waals surface area contributed by atoms with Crippen LogP contribution in [0.3, 0.4) is 0 Å². The van der Waals surface area contributed by atoms with E-state index in [2.05, 4.69) is 32.6 Å². The Hall–Kier alpha value is -0.0400. The zero-order chi connectivity index (χ0) is 6.41. The third-order valence-electron chi connectivity index (χ3n) is 1.25. The molecule has 0 rings (SSSR count).